The number of carboxylic acids is 1. The van der Waals surface area contributed by atoms with Crippen molar-refractivity contribution in [2.45, 2.75) is 50.4 Å². The smallest absolute Gasteiger partial charge is 0.326 e. The summed E-state index contributed by atoms with van der Waals surface area (Å²) in [6.45, 7) is 1.39. The lowest BCUT2D eigenvalue weighted by atomic mass is 10.0. The van der Waals surface area contributed by atoms with E-state index in [1.54, 1.807) is 6.20 Å². The van der Waals surface area contributed by atoms with Gasteiger partial charge in [-0.1, -0.05) is 18.2 Å². The summed E-state index contributed by atoms with van der Waals surface area (Å²) in [5, 5.41) is 17.8. The molecule has 35 heavy (non-hydrogen) atoms. The van der Waals surface area contributed by atoms with Gasteiger partial charge in [-0.2, -0.15) is 12.6 Å². The van der Waals surface area contributed by atoms with E-state index in [1.165, 1.54) is 6.92 Å². The Morgan fingerprint density at radius 1 is 1.03 bits per heavy atom. The molecule has 1 heterocycles. The van der Waals surface area contributed by atoms with Gasteiger partial charge in [-0.3, -0.25) is 19.2 Å². The average Bonchev–Trinajstić information content (AvgIpc) is 3.22. The van der Waals surface area contributed by atoms with E-state index in [-0.39, 0.29) is 25.0 Å². The Balaban J connectivity index is 2.12. The first-order valence-electron chi connectivity index (χ1n) is 10.9. The molecule has 0 fully saturated rings. The number of carboxylic acid groups (broad SMARTS) is 1. The number of para-hydroxylation sites is 1. The number of nitrogens with two attached hydrogens (primary N) is 2. The van der Waals surface area contributed by atoms with Crippen LogP contribution in [0.4, 0.5) is 0 Å². The van der Waals surface area contributed by atoms with Gasteiger partial charge in [-0.25, -0.2) is 4.79 Å². The summed E-state index contributed by atoms with van der Waals surface area (Å²) in [5.41, 5.74) is 12.3. The quantitative estimate of drug-likeness (QED) is 0.155. The van der Waals surface area contributed by atoms with Crippen LogP contribution in [-0.4, -0.2) is 69.6 Å². The van der Waals surface area contributed by atoms with Crippen LogP contribution in [0.1, 0.15) is 25.3 Å². The molecule has 0 aliphatic carbocycles. The molecule has 13 heteroatoms. The Hall–Kier alpha value is -3.58. The second kappa shape index (κ2) is 12.8. The van der Waals surface area contributed by atoms with Gasteiger partial charge in [0.2, 0.25) is 23.6 Å². The lowest BCUT2D eigenvalue weighted by Crippen LogP contribution is -2.56. The first-order valence-corrected chi connectivity index (χ1v) is 11.5. The fraction of sp³-hybridized carbons (Fsp3) is 0.409. The van der Waals surface area contributed by atoms with E-state index >= 15 is 0 Å². The van der Waals surface area contributed by atoms with Gasteiger partial charge in [0.05, 0.1) is 6.04 Å². The molecule has 2 aromatic rings. The molecular weight excluding hydrogens is 476 g/mol. The molecule has 0 bridgehead atoms. The summed E-state index contributed by atoms with van der Waals surface area (Å²) in [6, 6.07) is 2.76. The van der Waals surface area contributed by atoms with Crippen molar-refractivity contribution in [3.63, 3.8) is 0 Å². The second-order valence-corrected chi connectivity index (χ2v) is 8.41. The molecule has 4 atom stereocenters. The van der Waals surface area contributed by atoms with Crippen molar-refractivity contribution in [1.82, 2.24) is 20.9 Å². The molecule has 1 aromatic heterocycles. The van der Waals surface area contributed by atoms with Gasteiger partial charge >= 0.3 is 5.97 Å². The van der Waals surface area contributed by atoms with E-state index in [4.69, 9.17) is 11.5 Å². The maximum absolute atomic E-state index is 12.9. The van der Waals surface area contributed by atoms with E-state index in [0.29, 0.717) is 5.56 Å². The molecule has 12 nitrogen and oxygen atoms in total. The molecule has 190 valence electrons. The van der Waals surface area contributed by atoms with Crippen molar-refractivity contribution < 1.29 is 29.1 Å². The summed E-state index contributed by atoms with van der Waals surface area (Å²) >= 11 is 3.92. The number of aromatic amines is 1. The fourth-order valence-electron chi connectivity index (χ4n) is 3.31. The Bertz CT molecular complexity index is 1090. The van der Waals surface area contributed by atoms with Crippen LogP contribution in [0.2, 0.25) is 0 Å². The normalized spacial score (nSPS) is 14.4. The molecule has 2 rings (SSSR count). The predicted octanol–water partition coefficient (Wildman–Crippen LogP) is -1.21. The van der Waals surface area contributed by atoms with Gasteiger partial charge in [-0.05, 0) is 25.0 Å². The van der Waals surface area contributed by atoms with Crippen molar-refractivity contribution in [2.75, 3.05) is 5.75 Å². The Labute approximate surface area is 207 Å². The third-order valence-electron chi connectivity index (χ3n) is 5.31. The number of thiol groups is 1. The van der Waals surface area contributed by atoms with Crippen LogP contribution in [0.5, 0.6) is 0 Å². The predicted molar refractivity (Wildman–Crippen MR) is 131 cm³/mol. The van der Waals surface area contributed by atoms with Gasteiger partial charge in [0.15, 0.2) is 0 Å². The van der Waals surface area contributed by atoms with Gasteiger partial charge < -0.3 is 37.5 Å². The minimum atomic E-state index is -1.31. The summed E-state index contributed by atoms with van der Waals surface area (Å²) in [7, 11) is 0. The standard InChI is InChI=1S/C22H30N6O6S/c1-11(26-20(31)14(23)10-35)19(30)27-16(6-7-18(24)29)21(32)28-17(22(33)34)8-12-9-25-15-5-3-2-4-13(12)15/h2-5,9,11,14,16-17,25,35H,6-8,10,23H2,1H3,(H2,24,29)(H,26,31)(H,27,30)(H,28,32)(H,33,34). The molecule has 4 amide bonds. The zero-order valence-corrected chi connectivity index (χ0v) is 20.0. The van der Waals surface area contributed by atoms with Gasteiger partial charge in [0.25, 0.3) is 0 Å². The molecule has 0 spiro atoms. The fourth-order valence-corrected chi connectivity index (χ4v) is 3.48. The van der Waals surface area contributed by atoms with Crippen LogP contribution < -0.4 is 27.4 Å². The first kappa shape index (κ1) is 27.7. The van der Waals surface area contributed by atoms with E-state index in [9.17, 15) is 29.1 Å². The molecule has 0 saturated heterocycles. The summed E-state index contributed by atoms with van der Waals surface area (Å²) in [5.74, 6) is -4.05. The number of benzene rings is 1. The van der Waals surface area contributed by atoms with Crippen LogP contribution in [-0.2, 0) is 30.4 Å². The van der Waals surface area contributed by atoms with Crippen molar-refractivity contribution in [3.8, 4) is 0 Å². The summed E-state index contributed by atoms with van der Waals surface area (Å²) < 4.78 is 0. The van der Waals surface area contributed by atoms with Crippen molar-refractivity contribution >= 4 is 53.1 Å². The number of hydrogen-bond donors (Lipinski definition) is 8. The number of carbonyl (C=O) groups is 5. The second-order valence-electron chi connectivity index (χ2n) is 8.05. The topological polar surface area (TPSA) is 209 Å². The van der Waals surface area contributed by atoms with Gasteiger partial charge in [0.1, 0.15) is 18.1 Å². The van der Waals surface area contributed by atoms with Gasteiger partial charge in [0, 0.05) is 35.7 Å². The highest BCUT2D eigenvalue weighted by Crippen LogP contribution is 2.19. The number of hydrogen-bond acceptors (Lipinski definition) is 7. The lowest BCUT2D eigenvalue weighted by molar-refractivity contribution is -0.142. The summed E-state index contributed by atoms with van der Waals surface area (Å²) in [6.07, 6.45) is 1.25. The van der Waals surface area contributed by atoms with E-state index < -0.39 is 53.8 Å². The molecule has 0 radical (unpaired) electrons. The number of rotatable bonds is 13. The number of carbonyl (C=O) groups excluding carboxylic acids is 4. The van der Waals surface area contributed by atoms with Crippen molar-refractivity contribution in [2.24, 2.45) is 11.5 Å². The van der Waals surface area contributed by atoms with Crippen molar-refractivity contribution in [1.29, 1.82) is 0 Å². The Kier molecular flexibility index (Phi) is 10.1. The van der Waals surface area contributed by atoms with Crippen LogP contribution in [0.3, 0.4) is 0 Å². The number of fused-ring (bicyclic) bond motifs is 1. The molecule has 4 unspecified atom stereocenters. The summed E-state index contributed by atoms with van der Waals surface area (Å²) in [4.78, 5) is 63.6. The maximum atomic E-state index is 12.9. The largest absolute Gasteiger partial charge is 0.480 e. The molecule has 0 saturated carbocycles. The Morgan fingerprint density at radius 2 is 1.69 bits per heavy atom. The third kappa shape index (κ3) is 8.00. The number of aromatic nitrogens is 1. The number of nitrogens with one attached hydrogen (secondary N) is 4. The van der Waals surface area contributed by atoms with Gasteiger partial charge in [-0.15, -0.1) is 0 Å². The van der Waals surface area contributed by atoms with Crippen LogP contribution in [0, 0.1) is 0 Å². The number of H-pyrrole nitrogens is 1. The highest BCUT2D eigenvalue weighted by Gasteiger charge is 2.29. The first-order chi connectivity index (χ1) is 16.5. The third-order valence-corrected chi connectivity index (χ3v) is 5.70. The molecule has 0 aliphatic rings. The van der Waals surface area contributed by atoms with E-state index in [0.717, 1.165) is 10.9 Å². The number of amides is 4. The average molecular weight is 507 g/mol. The number of aliphatic carboxylic acids is 1. The van der Waals surface area contributed by atoms with Crippen LogP contribution in [0.15, 0.2) is 30.5 Å². The maximum Gasteiger partial charge on any atom is 0.326 e. The molecule has 0 aliphatic heterocycles. The van der Waals surface area contributed by atoms with Crippen LogP contribution >= 0.6 is 12.6 Å². The highest BCUT2D eigenvalue weighted by molar-refractivity contribution is 7.80. The van der Waals surface area contributed by atoms with E-state index in [2.05, 4.69) is 33.6 Å². The van der Waals surface area contributed by atoms with Crippen LogP contribution in [0.25, 0.3) is 10.9 Å². The zero-order valence-electron chi connectivity index (χ0n) is 19.1. The zero-order chi connectivity index (χ0) is 26.1. The van der Waals surface area contributed by atoms with E-state index in [1.807, 2.05) is 24.3 Å². The molecule has 9 N–H and O–H groups in total. The van der Waals surface area contributed by atoms with Crippen molar-refractivity contribution in [3.05, 3.63) is 36.0 Å². The Morgan fingerprint density at radius 3 is 2.31 bits per heavy atom. The molecule has 1 aromatic carbocycles. The number of primary amides is 1. The minimum Gasteiger partial charge on any atom is -0.480 e. The monoisotopic (exact) mass is 506 g/mol. The minimum absolute atomic E-state index is 0.0182. The molecular formula is C22H30N6O6S. The lowest BCUT2D eigenvalue weighted by Gasteiger charge is -2.23. The highest BCUT2D eigenvalue weighted by atomic mass is 32.1. The SMILES string of the molecule is CC(NC(=O)C(N)CS)C(=O)NC(CCC(N)=O)C(=O)NC(Cc1c[nH]c2ccccc12)C(=O)O.